The molecule has 1 aliphatic rings. The minimum atomic E-state index is -0.315. The highest BCUT2D eigenvalue weighted by atomic mass is 16.3. The van der Waals surface area contributed by atoms with Crippen LogP contribution in [0.1, 0.15) is 37.0 Å². The standard InChI is InChI=1S/C44H31N5O/c1-27-14-6-5-13-25-44(2,3)38-35(27)39-36(37-32-18-10-12-20-34(32)50-40(37)38)31-17-9-11-19-33(31)49(39)43-47-41(29-15-7-4-8-16-29)46-42(48-43)30-23-21-28(26-45)22-24-30/h4-24H,1,25H2,2-3H3/b13-5-,14-6-. The molecule has 6 heteroatoms. The van der Waals surface area contributed by atoms with Crippen molar-refractivity contribution < 1.29 is 4.42 Å². The normalized spacial score (nSPS) is 15.4. The molecule has 0 bridgehead atoms. The molecule has 0 aliphatic heterocycles. The van der Waals surface area contributed by atoms with Gasteiger partial charge in [0, 0.05) is 43.8 Å². The molecule has 0 saturated heterocycles. The molecule has 238 valence electrons. The van der Waals surface area contributed by atoms with Crippen LogP contribution in [-0.4, -0.2) is 19.5 Å². The van der Waals surface area contributed by atoms with Crippen molar-refractivity contribution in [3.8, 4) is 34.8 Å². The van der Waals surface area contributed by atoms with Crippen LogP contribution >= 0.6 is 0 Å². The topological polar surface area (TPSA) is 80.5 Å². The highest BCUT2D eigenvalue weighted by molar-refractivity contribution is 6.30. The number of nitriles is 1. The van der Waals surface area contributed by atoms with Crippen molar-refractivity contribution in [3.05, 3.63) is 151 Å². The van der Waals surface area contributed by atoms with Crippen molar-refractivity contribution in [2.24, 2.45) is 0 Å². The van der Waals surface area contributed by atoms with E-state index in [4.69, 9.17) is 19.4 Å². The number of benzene rings is 5. The molecule has 0 saturated carbocycles. The molecule has 3 heterocycles. The van der Waals surface area contributed by atoms with Crippen LogP contribution in [0.4, 0.5) is 0 Å². The zero-order valence-electron chi connectivity index (χ0n) is 27.7. The minimum Gasteiger partial charge on any atom is -0.456 e. The van der Waals surface area contributed by atoms with E-state index in [0.717, 1.165) is 78.0 Å². The van der Waals surface area contributed by atoms with Gasteiger partial charge in [0.25, 0.3) is 0 Å². The van der Waals surface area contributed by atoms with E-state index in [-0.39, 0.29) is 5.41 Å². The lowest BCUT2D eigenvalue weighted by molar-refractivity contribution is 0.525. The molecule has 3 aromatic heterocycles. The Balaban J connectivity index is 1.50. The van der Waals surface area contributed by atoms with Gasteiger partial charge in [-0.2, -0.15) is 15.2 Å². The Kier molecular flexibility index (Phi) is 6.65. The van der Waals surface area contributed by atoms with Crippen LogP contribution in [0, 0.1) is 11.3 Å². The Bertz CT molecular complexity index is 2770. The number of rotatable bonds is 3. The second-order valence-corrected chi connectivity index (χ2v) is 13.4. The summed E-state index contributed by atoms with van der Waals surface area (Å²) in [4.78, 5) is 15.4. The lowest BCUT2D eigenvalue weighted by Gasteiger charge is -2.28. The summed E-state index contributed by atoms with van der Waals surface area (Å²) >= 11 is 0. The summed E-state index contributed by atoms with van der Waals surface area (Å²) in [5, 5.41) is 13.7. The molecular formula is C44H31N5O. The summed E-state index contributed by atoms with van der Waals surface area (Å²) in [5.74, 6) is 1.56. The molecule has 0 amide bonds. The smallest absolute Gasteiger partial charge is 0.238 e. The third-order valence-electron chi connectivity index (χ3n) is 9.73. The molecule has 1 aliphatic carbocycles. The Hall–Kier alpha value is -6.58. The van der Waals surface area contributed by atoms with E-state index in [9.17, 15) is 5.26 Å². The van der Waals surface area contributed by atoms with Gasteiger partial charge in [0.15, 0.2) is 11.6 Å². The van der Waals surface area contributed by atoms with Gasteiger partial charge in [-0.25, -0.2) is 4.98 Å². The van der Waals surface area contributed by atoms with Crippen molar-refractivity contribution in [1.29, 1.82) is 5.26 Å². The van der Waals surface area contributed by atoms with Crippen LogP contribution in [0.2, 0.25) is 0 Å². The molecule has 0 spiro atoms. The van der Waals surface area contributed by atoms with E-state index < -0.39 is 0 Å². The molecular weight excluding hydrogens is 615 g/mol. The second-order valence-electron chi connectivity index (χ2n) is 13.4. The van der Waals surface area contributed by atoms with Gasteiger partial charge in [0.2, 0.25) is 5.95 Å². The minimum absolute atomic E-state index is 0.315. The first-order valence-electron chi connectivity index (χ1n) is 16.7. The summed E-state index contributed by atoms with van der Waals surface area (Å²) in [7, 11) is 0. The monoisotopic (exact) mass is 645 g/mol. The van der Waals surface area contributed by atoms with Crippen molar-refractivity contribution in [2.75, 3.05) is 0 Å². The van der Waals surface area contributed by atoms with Gasteiger partial charge in [-0.1, -0.05) is 111 Å². The van der Waals surface area contributed by atoms with Gasteiger partial charge in [-0.15, -0.1) is 0 Å². The van der Waals surface area contributed by atoms with Crippen molar-refractivity contribution in [3.63, 3.8) is 0 Å². The summed E-state index contributed by atoms with van der Waals surface area (Å²) < 4.78 is 9.04. The van der Waals surface area contributed by atoms with Crippen molar-refractivity contribution in [2.45, 2.75) is 25.7 Å². The van der Waals surface area contributed by atoms with Crippen molar-refractivity contribution >= 4 is 49.3 Å². The number of allylic oxidation sites excluding steroid dienone is 5. The van der Waals surface area contributed by atoms with E-state index in [1.165, 1.54) is 0 Å². The highest BCUT2D eigenvalue weighted by Gasteiger charge is 2.34. The number of hydrogen-bond acceptors (Lipinski definition) is 5. The van der Waals surface area contributed by atoms with E-state index in [0.29, 0.717) is 23.2 Å². The number of fused-ring (bicyclic) bond motifs is 10. The van der Waals surface area contributed by atoms with Crippen LogP contribution < -0.4 is 0 Å². The SMILES string of the molecule is C=C1/C=C\C=C/CC(C)(C)c2c1c1c(c3ccccc3n1-c1nc(-c3ccccc3)nc(-c3ccc(C#N)cc3)n1)c1c2oc2ccccc21. The van der Waals surface area contributed by atoms with Crippen LogP contribution in [-0.2, 0) is 5.41 Å². The first-order chi connectivity index (χ1) is 24.4. The largest absolute Gasteiger partial charge is 0.456 e. The fraction of sp³-hybridized carbons (Fsp3) is 0.0909. The maximum Gasteiger partial charge on any atom is 0.238 e. The fourth-order valence-electron chi connectivity index (χ4n) is 7.40. The number of para-hydroxylation sites is 2. The predicted molar refractivity (Wildman–Crippen MR) is 202 cm³/mol. The number of hydrogen-bond donors (Lipinski definition) is 0. The average molecular weight is 646 g/mol. The van der Waals surface area contributed by atoms with Gasteiger partial charge in [0.05, 0.1) is 22.7 Å². The third-order valence-corrected chi connectivity index (χ3v) is 9.73. The summed E-state index contributed by atoms with van der Waals surface area (Å²) in [6, 6.07) is 36.3. The lowest BCUT2D eigenvalue weighted by atomic mass is 9.76. The maximum atomic E-state index is 9.48. The van der Waals surface area contributed by atoms with Crippen molar-refractivity contribution in [1.82, 2.24) is 19.5 Å². The van der Waals surface area contributed by atoms with Gasteiger partial charge < -0.3 is 4.42 Å². The third kappa shape index (κ3) is 4.52. The van der Waals surface area contributed by atoms with Crippen LogP contribution in [0.25, 0.3) is 78.0 Å². The first kappa shape index (κ1) is 29.6. The van der Waals surface area contributed by atoms with Crippen LogP contribution in [0.5, 0.6) is 0 Å². The Morgan fingerprint density at radius 3 is 2.20 bits per heavy atom. The highest BCUT2D eigenvalue weighted by Crippen LogP contribution is 2.50. The summed E-state index contributed by atoms with van der Waals surface area (Å²) in [5.41, 5.74) is 8.57. The average Bonchev–Trinajstić information content (AvgIpc) is 3.71. The Morgan fingerprint density at radius 2 is 1.44 bits per heavy atom. The number of furan rings is 1. The zero-order valence-corrected chi connectivity index (χ0v) is 27.7. The van der Waals surface area contributed by atoms with Gasteiger partial charge in [-0.3, -0.25) is 4.57 Å². The molecule has 0 radical (unpaired) electrons. The molecule has 50 heavy (non-hydrogen) atoms. The van der Waals surface area contributed by atoms with E-state index >= 15 is 0 Å². The fourth-order valence-corrected chi connectivity index (χ4v) is 7.40. The molecule has 6 nitrogen and oxygen atoms in total. The molecule has 0 N–H and O–H groups in total. The summed E-state index contributed by atoms with van der Waals surface area (Å²) in [6.45, 7) is 9.23. The van der Waals surface area contributed by atoms with E-state index in [1.54, 1.807) is 12.1 Å². The van der Waals surface area contributed by atoms with E-state index in [2.05, 4.69) is 91.8 Å². The Morgan fingerprint density at radius 1 is 0.760 bits per heavy atom. The summed E-state index contributed by atoms with van der Waals surface area (Å²) in [6.07, 6.45) is 9.27. The first-order valence-corrected chi connectivity index (χ1v) is 16.7. The van der Waals surface area contributed by atoms with Crippen LogP contribution in [0.3, 0.4) is 0 Å². The zero-order chi connectivity index (χ0) is 34.0. The number of nitrogens with zero attached hydrogens (tertiary/aromatic N) is 5. The molecule has 8 aromatic rings. The molecule has 5 aromatic carbocycles. The van der Waals surface area contributed by atoms with Gasteiger partial charge in [-0.05, 0) is 53.8 Å². The van der Waals surface area contributed by atoms with Gasteiger partial charge >= 0.3 is 0 Å². The Labute approximate surface area is 289 Å². The predicted octanol–water partition coefficient (Wildman–Crippen LogP) is 10.9. The maximum absolute atomic E-state index is 9.48. The molecule has 0 fully saturated rings. The van der Waals surface area contributed by atoms with Gasteiger partial charge in [0.1, 0.15) is 11.2 Å². The second kappa shape index (κ2) is 11.3. The molecule has 0 atom stereocenters. The lowest BCUT2D eigenvalue weighted by Crippen LogP contribution is -2.19. The van der Waals surface area contributed by atoms with Crippen LogP contribution in [0.15, 0.2) is 138 Å². The number of aromatic nitrogens is 4. The molecule has 0 unspecified atom stereocenters. The quantitative estimate of drug-likeness (QED) is 0.191. The van der Waals surface area contributed by atoms with E-state index in [1.807, 2.05) is 54.6 Å². The molecule has 9 rings (SSSR count).